The van der Waals surface area contributed by atoms with Gasteiger partial charge in [0.15, 0.2) is 0 Å². The lowest BCUT2D eigenvalue weighted by atomic mass is 9.58. The molecule has 3 fully saturated rings. The molecule has 2 heteroatoms. The van der Waals surface area contributed by atoms with Gasteiger partial charge in [-0.05, 0) is 109 Å². The number of ether oxygens (including phenoxy) is 1. The fourth-order valence-electron chi connectivity index (χ4n) is 8.23. The van der Waals surface area contributed by atoms with Crippen LogP contribution in [-0.2, 0) is 4.74 Å². The van der Waals surface area contributed by atoms with E-state index in [1.165, 1.54) is 74.1 Å². The van der Waals surface area contributed by atoms with Crippen molar-refractivity contribution in [3.8, 4) is 0 Å². The normalized spacial score (nSPS) is 41.6. The Hall–Kier alpha value is -1.93. The third-order valence-electron chi connectivity index (χ3n) is 9.69. The Morgan fingerprint density at radius 2 is 2.00 bits per heavy atom. The van der Waals surface area contributed by atoms with Gasteiger partial charge in [-0.2, -0.15) is 0 Å². The Bertz CT molecular complexity index is 1110. The minimum atomic E-state index is -0.0129. The summed E-state index contributed by atoms with van der Waals surface area (Å²) in [6.07, 6.45) is 20.5. The molecule has 1 aromatic carbocycles. The number of hydrogen-bond donors (Lipinski definition) is 0. The average molecular weight is 398 g/mol. The summed E-state index contributed by atoms with van der Waals surface area (Å²) in [6, 6.07) is 9.21. The average Bonchev–Trinajstić information content (AvgIpc) is 3.29. The molecule has 3 heterocycles. The number of benzene rings is 1. The van der Waals surface area contributed by atoms with Gasteiger partial charge in [-0.25, -0.2) is 0 Å². The predicted octanol–water partition coefficient (Wildman–Crippen LogP) is 6.87. The number of allylic oxidation sites excluding steroid dienone is 1. The highest BCUT2D eigenvalue weighted by atomic mass is 16.5. The molecule has 5 atom stereocenters. The Morgan fingerprint density at radius 3 is 2.97 bits per heavy atom. The highest BCUT2D eigenvalue weighted by molar-refractivity contribution is 5.82. The van der Waals surface area contributed by atoms with E-state index < -0.39 is 0 Å². The standard InChI is InChI=1S/C28H31NO/c1-26-12-9-23-17-22-4-2-3-11-27(22)13-14-28(23,30-27)25(26)8-7-24(26)20-6-5-19-10-15-29-18-21(19)16-20/h5-6,9-10,15-18,24-25H,2-4,7-8,11-14H2,1H3/t24?,25-,26-,27+,28-/m1/s1. The molecule has 2 spiro atoms. The zero-order valence-electron chi connectivity index (χ0n) is 18.0. The second-order valence-electron chi connectivity index (χ2n) is 10.9. The summed E-state index contributed by atoms with van der Waals surface area (Å²) >= 11 is 0. The summed E-state index contributed by atoms with van der Waals surface area (Å²) in [4.78, 5) is 4.36. The van der Waals surface area contributed by atoms with E-state index in [-0.39, 0.29) is 16.6 Å². The molecule has 2 nitrogen and oxygen atoms in total. The van der Waals surface area contributed by atoms with Gasteiger partial charge < -0.3 is 4.74 Å². The molecule has 5 aliphatic rings. The Balaban J connectivity index is 1.32. The van der Waals surface area contributed by atoms with Crippen LogP contribution < -0.4 is 0 Å². The number of rotatable bonds is 1. The molecule has 0 N–H and O–H groups in total. The Morgan fingerprint density at radius 1 is 1.03 bits per heavy atom. The zero-order chi connectivity index (χ0) is 20.0. The summed E-state index contributed by atoms with van der Waals surface area (Å²) in [6.45, 7) is 2.57. The molecule has 3 aliphatic carbocycles. The fourth-order valence-corrected chi connectivity index (χ4v) is 8.23. The van der Waals surface area contributed by atoms with E-state index in [1.54, 1.807) is 11.1 Å². The summed E-state index contributed by atoms with van der Waals surface area (Å²) in [7, 11) is 0. The number of fused-ring (bicyclic) bond motifs is 2. The molecule has 1 saturated heterocycles. The first-order chi connectivity index (χ1) is 14.6. The van der Waals surface area contributed by atoms with Crippen molar-refractivity contribution in [2.24, 2.45) is 11.3 Å². The quantitative estimate of drug-likeness (QED) is 0.524. The van der Waals surface area contributed by atoms with Crippen molar-refractivity contribution >= 4 is 10.8 Å². The van der Waals surface area contributed by atoms with E-state index in [4.69, 9.17) is 4.74 Å². The van der Waals surface area contributed by atoms with Gasteiger partial charge in [-0.3, -0.25) is 4.98 Å². The number of pyridine rings is 1. The topological polar surface area (TPSA) is 22.1 Å². The van der Waals surface area contributed by atoms with Gasteiger partial charge in [-0.1, -0.05) is 31.2 Å². The third kappa shape index (κ3) is 2.11. The number of hydrogen-bond acceptors (Lipinski definition) is 2. The Kier molecular flexibility index (Phi) is 3.46. The van der Waals surface area contributed by atoms with Crippen LogP contribution in [0.15, 0.2) is 60.0 Å². The maximum absolute atomic E-state index is 7.27. The molecule has 0 radical (unpaired) electrons. The minimum Gasteiger partial charge on any atom is -0.359 e. The summed E-state index contributed by atoms with van der Waals surface area (Å²) < 4.78 is 7.27. The molecule has 30 heavy (non-hydrogen) atoms. The molecule has 2 aromatic rings. The predicted molar refractivity (Wildman–Crippen MR) is 120 cm³/mol. The van der Waals surface area contributed by atoms with E-state index >= 15 is 0 Å². The van der Waals surface area contributed by atoms with Gasteiger partial charge in [0.1, 0.15) is 0 Å². The molecule has 0 amide bonds. The second kappa shape index (κ2) is 5.85. The molecule has 1 unspecified atom stereocenters. The highest BCUT2D eigenvalue weighted by Gasteiger charge is 2.66. The van der Waals surface area contributed by atoms with E-state index in [2.05, 4.69) is 48.3 Å². The molecule has 1 aromatic heterocycles. The van der Waals surface area contributed by atoms with Crippen molar-refractivity contribution in [3.05, 3.63) is 65.5 Å². The van der Waals surface area contributed by atoms with Crippen LogP contribution in [0.1, 0.15) is 76.2 Å². The van der Waals surface area contributed by atoms with Gasteiger partial charge in [0.2, 0.25) is 0 Å². The van der Waals surface area contributed by atoms with E-state index in [1.807, 2.05) is 12.4 Å². The summed E-state index contributed by atoms with van der Waals surface area (Å²) in [5.74, 6) is 1.25. The van der Waals surface area contributed by atoms with Crippen molar-refractivity contribution in [3.63, 3.8) is 0 Å². The van der Waals surface area contributed by atoms with E-state index in [0.717, 1.165) is 0 Å². The van der Waals surface area contributed by atoms with Crippen LogP contribution >= 0.6 is 0 Å². The molecule has 7 rings (SSSR count). The van der Waals surface area contributed by atoms with Crippen LogP contribution in [0, 0.1) is 11.3 Å². The van der Waals surface area contributed by atoms with Crippen molar-refractivity contribution in [2.45, 2.75) is 81.8 Å². The van der Waals surface area contributed by atoms with Crippen LogP contribution in [-0.4, -0.2) is 16.2 Å². The first-order valence-corrected chi connectivity index (χ1v) is 12.1. The van der Waals surface area contributed by atoms with Crippen LogP contribution in [0.3, 0.4) is 0 Å². The Labute approximate surface area is 179 Å². The lowest BCUT2D eigenvalue weighted by molar-refractivity contribution is -0.133. The van der Waals surface area contributed by atoms with Gasteiger partial charge in [0.05, 0.1) is 11.2 Å². The lowest BCUT2D eigenvalue weighted by Crippen LogP contribution is -2.53. The molecule has 154 valence electrons. The van der Waals surface area contributed by atoms with E-state index in [0.29, 0.717) is 11.8 Å². The van der Waals surface area contributed by atoms with Gasteiger partial charge in [0, 0.05) is 17.8 Å². The van der Waals surface area contributed by atoms with Gasteiger partial charge in [0.25, 0.3) is 0 Å². The number of nitrogens with zero attached hydrogens (tertiary/aromatic N) is 1. The number of aromatic nitrogens is 1. The summed E-state index contributed by atoms with van der Waals surface area (Å²) in [5, 5.41) is 2.57. The summed E-state index contributed by atoms with van der Waals surface area (Å²) in [5.41, 5.74) is 5.02. The van der Waals surface area contributed by atoms with Gasteiger partial charge >= 0.3 is 0 Å². The first-order valence-electron chi connectivity index (χ1n) is 12.1. The van der Waals surface area contributed by atoms with Crippen LogP contribution in [0.5, 0.6) is 0 Å². The van der Waals surface area contributed by atoms with Crippen molar-refractivity contribution in [1.29, 1.82) is 0 Å². The first kappa shape index (κ1) is 17.7. The zero-order valence-corrected chi connectivity index (χ0v) is 18.0. The third-order valence-corrected chi connectivity index (χ3v) is 9.69. The van der Waals surface area contributed by atoms with E-state index in [9.17, 15) is 0 Å². The van der Waals surface area contributed by atoms with Crippen LogP contribution in [0.2, 0.25) is 0 Å². The minimum absolute atomic E-state index is 0.0129. The van der Waals surface area contributed by atoms with Crippen molar-refractivity contribution in [2.75, 3.05) is 0 Å². The fraction of sp³-hybridized carbons (Fsp3) is 0.536. The molecule has 2 bridgehead atoms. The molecule has 2 saturated carbocycles. The monoisotopic (exact) mass is 397 g/mol. The van der Waals surface area contributed by atoms with Crippen molar-refractivity contribution < 1.29 is 4.74 Å². The molecule has 2 aliphatic heterocycles. The maximum Gasteiger partial charge on any atom is 0.0974 e. The second-order valence-corrected chi connectivity index (χ2v) is 10.9. The maximum atomic E-state index is 7.27. The van der Waals surface area contributed by atoms with Crippen molar-refractivity contribution in [1.82, 2.24) is 4.98 Å². The van der Waals surface area contributed by atoms with Crippen LogP contribution in [0.4, 0.5) is 0 Å². The molecular weight excluding hydrogens is 366 g/mol. The largest absolute Gasteiger partial charge is 0.359 e. The van der Waals surface area contributed by atoms with Gasteiger partial charge in [-0.15, -0.1) is 0 Å². The lowest BCUT2D eigenvalue weighted by Gasteiger charge is -2.54. The SMILES string of the molecule is C[C@]12CC=C3C=C4CCCC[C@]45CC[C@]3(O5)[C@@H]1CCC2c1ccc2ccncc2c1. The smallest absolute Gasteiger partial charge is 0.0974 e. The van der Waals surface area contributed by atoms with Crippen LogP contribution in [0.25, 0.3) is 10.8 Å². The molecular formula is C28H31NO. The highest BCUT2D eigenvalue weighted by Crippen LogP contribution is 2.69.